The first kappa shape index (κ1) is 25.4. The van der Waals surface area contributed by atoms with Crippen LogP contribution >= 0.6 is 0 Å². The van der Waals surface area contributed by atoms with Crippen LogP contribution in [0.1, 0.15) is 29.2 Å². The maximum absolute atomic E-state index is 13.4. The minimum absolute atomic E-state index is 0.0805. The van der Waals surface area contributed by atoms with Gasteiger partial charge in [-0.05, 0) is 66.5 Å². The first-order valence-corrected chi connectivity index (χ1v) is 11.6. The molecule has 3 aromatic carbocycles. The maximum Gasteiger partial charge on any atom is 0.271 e. The first-order valence-electron chi connectivity index (χ1n) is 11.6. The molecule has 0 aliphatic carbocycles. The number of amides is 2. The zero-order valence-electron chi connectivity index (χ0n) is 20.7. The van der Waals surface area contributed by atoms with Crippen LogP contribution in [0.2, 0.25) is 0 Å². The fraction of sp³-hybridized carbons (Fsp3) is 0.167. The van der Waals surface area contributed by atoms with Gasteiger partial charge in [0.2, 0.25) is 0 Å². The number of imide groups is 1. The number of carbonyl (C=O) groups excluding carboxylic acids is 2. The van der Waals surface area contributed by atoms with E-state index >= 15 is 0 Å². The zero-order chi connectivity index (χ0) is 26.5. The molecule has 0 radical (unpaired) electrons. The fourth-order valence-corrected chi connectivity index (χ4v) is 3.95. The van der Waals surface area contributed by atoms with Crippen molar-refractivity contribution in [2.45, 2.75) is 27.0 Å². The van der Waals surface area contributed by atoms with E-state index in [4.69, 9.17) is 9.47 Å². The molecule has 2 amide bonds. The maximum atomic E-state index is 13.4. The Hall–Kier alpha value is -4.70. The van der Waals surface area contributed by atoms with E-state index in [2.05, 4.69) is 0 Å². The zero-order valence-corrected chi connectivity index (χ0v) is 20.7. The van der Waals surface area contributed by atoms with Crippen LogP contribution in [-0.2, 0) is 22.7 Å². The molecule has 0 saturated carbocycles. The van der Waals surface area contributed by atoms with Crippen molar-refractivity contribution < 1.29 is 23.5 Å². The second kappa shape index (κ2) is 10.9. The van der Waals surface area contributed by atoms with Crippen LogP contribution in [0.15, 0.2) is 83.4 Å². The third-order valence-corrected chi connectivity index (χ3v) is 6.09. The number of benzene rings is 3. The molecular weight excluding hydrogens is 471 g/mol. The van der Waals surface area contributed by atoms with Crippen LogP contribution in [-0.4, -0.2) is 23.8 Å². The molecule has 0 fully saturated rings. The summed E-state index contributed by atoms with van der Waals surface area (Å²) in [7, 11) is 1.53. The molecular formula is C30H25FN2O4. The Balaban J connectivity index is 1.62. The van der Waals surface area contributed by atoms with Gasteiger partial charge >= 0.3 is 0 Å². The second-order valence-electron chi connectivity index (χ2n) is 8.68. The number of ether oxygens (including phenoxy) is 2. The molecule has 0 aromatic heterocycles. The van der Waals surface area contributed by atoms with Gasteiger partial charge in [-0.15, -0.1) is 0 Å². The molecule has 0 atom stereocenters. The fourth-order valence-electron chi connectivity index (χ4n) is 3.95. The summed E-state index contributed by atoms with van der Waals surface area (Å²) in [6.07, 6.45) is 1.62. The van der Waals surface area contributed by atoms with E-state index in [1.807, 2.05) is 37.3 Å². The molecule has 37 heavy (non-hydrogen) atoms. The highest BCUT2D eigenvalue weighted by Crippen LogP contribution is 2.32. The van der Waals surface area contributed by atoms with E-state index in [1.165, 1.54) is 31.4 Å². The molecule has 0 unspecified atom stereocenters. The van der Waals surface area contributed by atoms with Gasteiger partial charge in [-0.3, -0.25) is 14.5 Å². The summed E-state index contributed by atoms with van der Waals surface area (Å²) in [4.78, 5) is 27.2. The number of nitriles is 1. The van der Waals surface area contributed by atoms with Crippen LogP contribution in [0, 0.1) is 24.1 Å². The normalized spacial score (nSPS) is 14.7. The predicted octanol–water partition coefficient (Wildman–Crippen LogP) is 5.51. The molecule has 3 aromatic rings. The van der Waals surface area contributed by atoms with E-state index in [-0.39, 0.29) is 17.7 Å². The lowest BCUT2D eigenvalue weighted by atomic mass is 9.93. The molecule has 1 aliphatic heterocycles. The highest BCUT2D eigenvalue weighted by molar-refractivity contribution is 6.19. The summed E-state index contributed by atoms with van der Waals surface area (Å²) in [6, 6.07) is 20.7. The molecule has 0 bridgehead atoms. The van der Waals surface area contributed by atoms with Crippen LogP contribution in [0.4, 0.5) is 4.39 Å². The van der Waals surface area contributed by atoms with E-state index in [9.17, 15) is 19.2 Å². The second-order valence-corrected chi connectivity index (χ2v) is 8.68. The van der Waals surface area contributed by atoms with E-state index in [0.717, 1.165) is 16.0 Å². The molecule has 0 N–H and O–H groups in total. The summed E-state index contributed by atoms with van der Waals surface area (Å²) in [5, 5.41) is 9.63. The minimum atomic E-state index is -0.677. The highest BCUT2D eigenvalue weighted by Gasteiger charge is 2.35. The SMILES string of the molecule is COc1cc(/C=C2/C(=O)N(Cc3ccc(F)cc3)C(=O)C(C#N)=C2C)ccc1OCc1ccc(C)cc1. The molecule has 186 valence electrons. The predicted molar refractivity (Wildman–Crippen MR) is 137 cm³/mol. The smallest absolute Gasteiger partial charge is 0.271 e. The molecule has 1 heterocycles. The van der Waals surface area contributed by atoms with Gasteiger partial charge in [-0.2, -0.15) is 5.26 Å². The van der Waals surface area contributed by atoms with Crippen molar-refractivity contribution in [3.63, 3.8) is 0 Å². The van der Waals surface area contributed by atoms with E-state index in [0.29, 0.717) is 34.8 Å². The van der Waals surface area contributed by atoms with Gasteiger partial charge in [0.1, 0.15) is 24.1 Å². The molecule has 7 heteroatoms. The van der Waals surface area contributed by atoms with Crippen molar-refractivity contribution in [2.75, 3.05) is 7.11 Å². The Morgan fingerprint density at radius 1 is 0.919 bits per heavy atom. The molecule has 0 saturated heterocycles. The van der Waals surface area contributed by atoms with Crippen LogP contribution in [0.25, 0.3) is 6.08 Å². The number of methoxy groups -OCH3 is 1. The number of nitrogens with zero attached hydrogens (tertiary/aromatic N) is 2. The number of carbonyl (C=O) groups is 2. The summed E-state index contributed by atoms with van der Waals surface area (Å²) >= 11 is 0. The number of aryl methyl sites for hydroxylation is 1. The van der Waals surface area contributed by atoms with Crippen molar-refractivity contribution in [2.24, 2.45) is 0 Å². The average Bonchev–Trinajstić information content (AvgIpc) is 2.90. The standard InChI is InChI=1S/C30H25FN2O4/c1-19-4-6-22(7-5-19)18-37-27-13-10-23(15-28(27)36-3)14-25-20(2)26(16-32)30(35)33(29(25)34)17-21-8-11-24(31)12-9-21/h4-15H,17-18H2,1-3H3/b25-14+. The third kappa shape index (κ3) is 5.60. The summed E-state index contributed by atoms with van der Waals surface area (Å²) in [5.41, 5.74) is 3.78. The Bertz CT molecular complexity index is 1450. The van der Waals surface area contributed by atoms with Gasteiger partial charge in [-0.1, -0.05) is 48.0 Å². The summed E-state index contributed by atoms with van der Waals surface area (Å²) in [5.74, 6) is -0.618. The number of halogens is 1. The molecule has 0 spiro atoms. The lowest BCUT2D eigenvalue weighted by Gasteiger charge is -2.27. The van der Waals surface area contributed by atoms with Gasteiger partial charge in [0, 0.05) is 5.57 Å². The first-order chi connectivity index (χ1) is 17.8. The summed E-state index contributed by atoms with van der Waals surface area (Å²) < 4.78 is 24.7. The Kier molecular flexibility index (Phi) is 7.49. The van der Waals surface area contributed by atoms with Crippen molar-refractivity contribution in [3.8, 4) is 17.6 Å². The Labute approximate surface area is 214 Å². The van der Waals surface area contributed by atoms with Gasteiger partial charge < -0.3 is 9.47 Å². The van der Waals surface area contributed by atoms with E-state index in [1.54, 1.807) is 31.2 Å². The summed E-state index contributed by atoms with van der Waals surface area (Å²) in [6.45, 7) is 3.88. The lowest BCUT2D eigenvalue weighted by Crippen LogP contribution is -2.42. The number of rotatable bonds is 7. The van der Waals surface area contributed by atoms with Crippen molar-refractivity contribution in [3.05, 3.63) is 112 Å². The monoisotopic (exact) mass is 496 g/mol. The van der Waals surface area contributed by atoms with Crippen molar-refractivity contribution in [1.29, 1.82) is 5.26 Å². The van der Waals surface area contributed by atoms with Crippen LogP contribution in [0.5, 0.6) is 11.5 Å². The minimum Gasteiger partial charge on any atom is -0.493 e. The lowest BCUT2D eigenvalue weighted by molar-refractivity contribution is -0.141. The van der Waals surface area contributed by atoms with Gasteiger partial charge in [0.15, 0.2) is 11.5 Å². The Morgan fingerprint density at radius 2 is 1.59 bits per heavy atom. The van der Waals surface area contributed by atoms with E-state index < -0.39 is 17.6 Å². The number of hydrogen-bond donors (Lipinski definition) is 0. The largest absolute Gasteiger partial charge is 0.493 e. The highest BCUT2D eigenvalue weighted by atomic mass is 19.1. The van der Waals surface area contributed by atoms with Gasteiger partial charge in [0.05, 0.1) is 13.7 Å². The molecule has 6 nitrogen and oxygen atoms in total. The van der Waals surface area contributed by atoms with Crippen molar-refractivity contribution >= 4 is 17.9 Å². The average molecular weight is 497 g/mol. The third-order valence-electron chi connectivity index (χ3n) is 6.09. The van der Waals surface area contributed by atoms with Crippen molar-refractivity contribution in [1.82, 2.24) is 4.90 Å². The molecule has 1 aliphatic rings. The van der Waals surface area contributed by atoms with Crippen LogP contribution in [0.3, 0.4) is 0 Å². The van der Waals surface area contributed by atoms with Gasteiger partial charge in [-0.25, -0.2) is 4.39 Å². The quantitative estimate of drug-likeness (QED) is 0.318. The van der Waals surface area contributed by atoms with Gasteiger partial charge in [0.25, 0.3) is 11.8 Å². The number of hydrogen-bond acceptors (Lipinski definition) is 5. The Morgan fingerprint density at radius 3 is 2.24 bits per heavy atom. The molecule has 4 rings (SSSR count). The topological polar surface area (TPSA) is 79.6 Å². The van der Waals surface area contributed by atoms with Crippen LogP contribution < -0.4 is 9.47 Å².